The second-order valence-electron chi connectivity index (χ2n) is 6.97. The topological polar surface area (TPSA) is 69.3 Å². The van der Waals surface area contributed by atoms with E-state index in [9.17, 15) is 4.79 Å². The van der Waals surface area contributed by atoms with Crippen LogP contribution in [0.5, 0.6) is 5.75 Å². The van der Waals surface area contributed by atoms with Gasteiger partial charge < -0.3 is 14.5 Å². The number of nitrogens with one attached hydrogen (secondary N) is 1. The van der Waals surface area contributed by atoms with Crippen molar-refractivity contribution < 1.29 is 13.9 Å². The van der Waals surface area contributed by atoms with Gasteiger partial charge in [-0.3, -0.25) is 9.48 Å². The van der Waals surface area contributed by atoms with Crippen molar-refractivity contribution in [2.75, 3.05) is 6.54 Å². The van der Waals surface area contributed by atoms with E-state index in [0.29, 0.717) is 12.3 Å². The van der Waals surface area contributed by atoms with Crippen LogP contribution in [0, 0.1) is 6.92 Å². The third-order valence-corrected chi connectivity index (χ3v) is 5.52. The fourth-order valence-corrected chi connectivity index (χ4v) is 3.50. The molecule has 6 nitrogen and oxygen atoms in total. The number of nitrogens with zero attached hydrogens (tertiary/aromatic N) is 2. The number of rotatable bonds is 8. The summed E-state index contributed by atoms with van der Waals surface area (Å²) in [4.78, 5) is 12.3. The SMILES string of the molecule is Cc1nn(CCCNC(=O)c2ccc(COc3cccc4ccccc34)o2)cc1Br. The molecule has 1 N–H and O–H groups in total. The van der Waals surface area contributed by atoms with Gasteiger partial charge in [0.2, 0.25) is 0 Å². The summed E-state index contributed by atoms with van der Waals surface area (Å²) in [6.07, 6.45) is 2.71. The summed E-state index contributed by atoms with van der Waals surface area (Å²) in [6, 6.07) is 17.4. The fraction of sp³-hybridized carbons (Fsp3) is 0.217. The molecule has 30 heavy (non-hydrogen) atoms. The number of ether oxygens (including phenoxy) is 1. The zero-order chi connectivity index (χ0) is 20.9. The van der Waals surface area contributed by atoms with Crippen LogP contribution < -0.4 is 10.1 Å². The Morgan fingerprint density at radius 3 is 2.83 bits per heavy atom. The Hall–Kier alpha value is -3.06. The maximum atomic E-state index is 12.3. The number of benzene rings is 2. The van der Waals surface area contributed by atoms with Crippen molar-refractivity contribution >= 4 is 32.6 Å². The first-order chi connectivity index (χ1) is 14.6. The highest BCUT2D eigenvalue weighted by Gasteiger charge is 2.12. The first-order valence-corrected chi connectivity index (χ1v) is 10.6. The van der Waals surface area contributed by atoms with Gasteiger partial charge in [-0.05, 0) is 52.9 Å². The van der Waals surface area contributed by atoms with Crippen LogP contribution in [0.4, 0.5) is 0 Å². The van der Waals surface area contributed by atoms with E-state index in [0.717, 1.165) is 39.7 Å². The Balaban J connectivity index is 1.27. The molecule has 7 heteroatoms. The van der Waals surface area contributed by atoms with Gasteiger partial charge in [0.25, 0.3) is 5.91 Å². The number of hydrogen-bond acceptors (Lipinski definition) is 4. The molecule has 0 radical (unpaired) electrons. The molecular weight excluding hydrogens is 446 g/mol. The Bertz CT molecular complexity index is 1140. The van der Waals surface area contributed by atoms with Gasteiger partial charge in [0, 0.05) is 24.7 Å². The molecule has 2 aromatic heterocycles. The summed E-state index contributed by atoms with van der Waals surface area (Å²) in [6.45, 7) is 3.47. The van der Waals surface area contributed by atoms with Gasteiger partial charge in [0.1, 0.15) is 18.1 Å². The number of carbonyl (C=O) groups is 1. The minimum Gasteiger partial charge on any atom is -0.485 e. The van der Waals surface area contributed by atoms with Gasteiger partial charge >= 0.3 is 0 Å². The van der Waals surface area contributed by atoms with E-state index in [-0.39, 0.29) is 18.3 Å². The largest absolute Gasteiger partial charge is 0.485 e. The van der Waals surface area contributed by atoms with E-state index >= 15 is 0 Å². The van der Waals surface area contributed by atoms with Gasteiger partial charge in [-0.25, -0.2) is 0 Å². The second-order valence-corrected chi connectivity index (χ2v) is 7.82. The summed E-state index contributed by atoms with van der Waals surface area (Å²) < 4.78 is 14.4. The van der Waals surface area contributed by atoms with Crippen molar-refractivity contribution in [2.24, 2.45) is 0 Å². The average Bonchev–Trinajstić information content (AvgIpc) is 3.36. The van der Waals surface area contributed by atoms with Crippen LogP contribution in [0.15, 0.2) is 69.7 Å². The Kier molecular flexibility index (Phi) is 6.18. The van der Waals surface area contributed by atoms with Crippen molar-refractivity contribution in [1.82, 2.24) is 15.1 Å². The van der Waals surface area contributed by atoms with Gasteiger partial charge in [0.15, 0.2) is 5.76 Å². The molecular formula is C23H22BrN3O3. The van der Waals surface area contributed by atoms with Gasteiger partial charge in [-0.15, -0.1) is 0 Å². The number of halogens is 1. The van der Waals surface area contributed by atoms with Gasteiger partial charge in [-0.2, -0.15) is 5.10 Å². The molecule has 0 saturated heterocycles. The molecule has 0 fully saturated rings. The predicted octanol–water partition coefficient (Wildman–Crippen LogP) is 5.10. The van der Waals surface area contributed by atoms with E-state index in [1.165, 1.54) is 0 Å². The third kappa shape index (κ3) is 4.74. The highest BCUT2D eigenvalue weighted by atomic mass is 79.9. The number of aromatic nitrogens is 2. The lowest BCUT2D eigenvalue weighted by Crippen LogP contribution is -2.24. The van der Waals surface area contributed by atoms with Crippen LogP contribution in [0.25, 0.3) is 10.8 Å². The lowest BCUT2D eigenvalue weighted by atomic mass is 10.1. The van der Waals surface area contributed by atoms with Crippen molar-refractivity contribution in [1.29, 1.82) is 0 Å². The normalized spacial score (nSPS) is 11.0. The Morgan fingerprint density at radius 2 is 2.00 bits per heavy atom. The van der Waals surface area contributed by atoms with Crippen molar-refractivity contribution in [2.45, 2.75) is 26.5 Å². The molecule has 154 valence electrons. The van der Waals surface area contributed by atoms with E-state index in [2.05, 4.69) is 26.3 Å². The summed E-state index contributed by atoms with van der Waals surface area (Å²) in [5, 5.41) is 9.42. The molecule has 0 saturated carbocycles. The van der Waals surface area contributed by atoms with Crippen molar-refractivity contribution in [3.63, 3.8) is 0 Å². The maximum absolute atomic E-state index is 12.3. The molecule has 0 aliphatic rings. The highest BCUT2D eigenvalue weighted by Crippen LogP contribution is 2.26. The highest BCUT2D eigenvalue weighted by molar-refractivity contribution is 9.10. The molecule has 0 unspecified atom stereocenters. The smallest absolute Gasteiger partial charge is 0.286 e. The predicted molar refractivity (Wildman–Crippen MR) is 119 cm³/mol. The molecule has 1 amide bonds. The van der Waals surface area contributed by atoms with Gasteiger partial charge in [-0.1, -0.05) is 36.4 Å². The minimum absolute atomic E-state index is 0.232. The molecule has 0 spiro atoms. The fourth-order valence-electron chi connectivity index (χ4n) is 3.19. The molecule has 4 rings (SSSR count). The molecule has 0 bridgehead atoms. The Labute approximate surface area is 183 Å². The number of hydrogen-bond donors (Lipinski definition) is 1. The molecule has 0 aliphatic heterocycles. The molecule has 0 aliphatic carbocycles. The standard InChI is InChI=1S/C23H22BrN3O3/c1-16-20(24)14-27(26-16)13-5-12-25-23(28)22-11-10-18(30-22)15-29-21-9-4-7-17-6-2-3-8-19(17)21/h2-4,6-11,14H,5,12-13,15H2,1H3,(H,25,28). The van der Waals surface area contributed by atoms with E-state index < -0.39 is 0 Å². The number of furan rings is 1. The second kappa shape index (κ2) is 9.17. The van der Waals surface area contributed by atoms with E-state index in [1.807, 2.05) is 60.3 Å². The third-order valence-electron chi connectivity index (χ3n) is 4.74. The summed E-state index contributed by atoms with van der Waals surface area (Å²) in [5.41, 5.74) is 0.952. The zero-order valence-electron chi connectivity index (χ0n) is 16.6. The van der Waals surface area contributed by atoms with Gasteiger partial charge in [0.05, 0.1) is 10.2 Å². The number of carbonyl (C=O) groups excluding carboxylic acids is 1. The first kappa shape index (κ1) is 20.2. The first-order valence-electron chi connectivity index (χ1n) is 9.77. The van der Waals surface area contributed by atoms with E-state index in [1.54, 1.807) is 12.1 Å². The maximum Gasteiger partial charge on any atom is 0.286 e. The Morgan fingerprint density at radius 1 is 1.17 bits per heavy atom. The van der Waals surface area contributed by atoms with E-state index in [4.69, 9.17) is 9.15 Å². The lowest BCUT2D eigenvalue weighted by Gasteiger charge is -2.08. The van der Waals surface area contributed by atoms with Crippen LogP contribution in [-0.4, -0.2) is 22.2 Å². The van der Waals surface area contributed by atoms with Crippen LogP contribution in [0.1, 0.15) is 28.4 Å². The van der Waals surface area contributed by atoms with Crippen LogP contribution >= 0.6 is 15.9 Å². The number of fused-ring (bicyclic) bond motifs is 1. The monoisotopic (exact) mass is 467 g/mol. The summed E-state index contributed by atoms with van der Waals surface area (Å²) in [5.74, 6) is 1.44. The van der Waals surface area contributed by atoms with Crippen LogP contribution in [0.2, 0.25) is 0 Å². The average molecular weight is 468 g/mol. The minimum atomic E-state index is -0.232. The lowest BCUT2D eigenvalue weighted by molar-refractivity contribution is 0.0921. The quantitative estimate of drug-likeness (QED) is 0.366. The molecule has 0 atom stereocenters. The zero-order valence-corrected chi connectivity index (χ0v) is 18.2. The molecule has 2 heterocycles. The summed E-state index contributed by atoms with van der Waals surface area (Å²) in [7, 11) is 0. The molecule has 2 aromatic carbocycles. The molecule has 4 aromatic rings. The number of aryl methyl sites for hydroxylation is 2. The van der Waals surface area contributed by atoms with Crippen molar-refractivity contribution in [3.05, 3.63) is 82.5 Å². The number of amides is 1. The van der Waals surface area contributed by atoms with Crippen LogP contribution in [0.3, 0.4) is 0 Å². The van der Waals surface area contributed by atoms with Crippen molar-refractivity contribution in [3.8, 4) is 5.75 Å². The summed E-state index contributed by atoms with van der Waals surface area (Å²) >= 11 is 3.44. The van der Waals surface area contributed by atoms with Crippen LogP contribution in [-0.2, 0) is 13.2 Å².